The van der Waals surface area contributed by atoms with Crippen LogP contribution in [-0.4, -0.2) is 41.7 Å². The molecule has 3 heterocycles. The van der Waals surface area contributed by atoms with E-state index in [1.54, 1.807) is 4.52 Å². The molecule has 0 bridgehead atoms. The monoisotopic (exact) mass is 432 g/mol. The summed E-state index contributed by atoms with van der Waals surface area (Å²) in [6, 6.07) is 14.0. The van der Waals surface area contributed by atoms with Gasteiger partial charge in [0.05, 0.1) is 24.5 Å². The van der Waals surface area contributed by atoms with Crippen LogP contribution in [0.25, 0.3) is 22.1 Å². The molecule has 1 aliphatic heterocycles. The van der Waals surface area contributed by atoms with Crippen molar-refractivity contribution in [2.45, 2.75) is 6.18 Å². The Balaban J connectivity index is 0.00000231. The number of morpholine rings is 1. The van der Waals surface area contributed by atoms with E-state index < -0.39 is 11.7 Å². The summed E-state index contributed by atoms with van der Waals surface area (Å²) in [5, 5.41) is 3.98. The van der Waals surface area contributed by atoms with Gasteiger partial charge in [-0.05, 0) is 36.4 Å². The van der Waals surface area contributed by atoms with Gasteiger partial charge in [-0.2, -0.15) is 13.2 Å². The van der Waals surface area contributed by atoms with Crippen LogP contribution in [0.5, 0.6) is 0 Å². The van der Waals surface area contributed by atoms with Gasteiger partial charge in [-0.1, -0.05) is 22.0 Å². The number of pyridine rings is 1. The molecule has 1 aliphatic rings. The third-order valence-corrected chi connectivity index (χ3v) is 5.36. The lowest BCUT2D eigenvalue weighted by Gasteiger charge is -2.29. The van der Waals surface area contributed by atoms with Crippen LogP contribution in [0.4, 0.5) is 18.9 Å². The number of fused-ring (bicyclic) bond motifs is 3. The van der Waals surface area contributed by atoms with Gasteiger partial charge in [-0.25, -0.2) is 4.79 Å². The molecule has 0 saturated carbocycles. The summed E-state index contributed by atoms with van der Waals surface area (Å²) in [4.78, 5) is 15.3. The van der Waals surface area contributed by atoms with Gasteiger partial charge in [-0.3, -0.25) is 0 Å². The van der Waals surface area contributed by atoms with Crippen molar-refractivity contribution in [3.05, 3.63) is 70.5 Å². The Labute approximate surface area is 174 Å². The molecule has 1 saturated heterocycles. The molecule has 2 aromatic heterocycles. The summed E-state index contributed by atoms with van der Waals surface area (Å²) in [6.07, 6.45) is -4.43. The number of hydrogen-bond acceptors (Lipinski definition) is 4. The predicted octanol–water partition coefficient (Wildman–Crippen LogP) is 2.74. The van der Waals surface area contributed by atoms with Crippen molar-refractivity contribution < 1.29 is 27.9 Å². The van der Waals surface area contributed by atoms with Crippen molar-refractivity contribution in [3.8, 4) is 5.69 Å². The second kappa shape index (κ2) is 7.71. The number of anilines is 1. The molecule has 7 nitrogen and oxygen atoms in total. The van der Waals surface area contributed by atoms with Crippen molar-refractivity contribution in [2.24, 2.45) is 0 Å². The van der Waals surface area contributed by atoms with Gasteiger partial charge in [0.1, 0.15) is 0 Å². The van der Waals surface area contributed by atoms with Gasteiger partial charge in [0.15, 0.2) is 11.2 Å². The molecule has 0 aliphatic carbocycles. The predicted molar refractivity (Wildman–Crippen MR) is 107 cm³/mol. The van der Waals surface area contributed by atoms with E-state index in [1.807, 2.05) is 30.3 Å². The van der Waals surface area contributed by atoms with Crippen LogP contribution in [0.2, 0.25) is 0 Å². The standard InChI is InChI=1S/C21H17F3N4O2.H2O/c22-21(23,24)14-5-7-15(8-6-14)27-20(29)19-13-18(26-9-11-30-12-10-26)16-3-1-2-4-17(16)28(19)25-27;/h1-8,13H,9-12H2;1H2. The summed E-state index contributed by atoms with van der Waals surface area (Å²) < 4.78 is 47.0. The van der Waals surface area contributed by atoms with Crippen LogP contribution >= 0.6 is 0 Å². The number of aromatic amines is 1. The minimum Gasteiger partial charge on any atom is -0.870 e. The first kappa shape index (κ1) is 20.9. The van der Waals surface area contributed by atoms with Crippen molar-refractivity contribution in [1.82, 2.24) is 9.90 Å². The fourth-order valence-electron chi connectivity index (χ4n) is 3.85. The molecule has 0 radical (unpaired) electrons. The minimum atomic E-state index is -4.43. The Hall–Kier alpha value is -3.37. The summed E-state index contributed by atoms with van der Waals surface area (Å²) >= 11 is 0. The SMILES string of the molecule is O=c1c2cc(N3CCOCC3)c3ccccc3[n+]2[nH]n1-c1ccc(C(F)(F)F)cc1.[OH-]. The number of halogens is 3. The number of nitrogens with zero attached hydrogens (tertiary/aromatic N) is 3. The van der Waals surface area contributed by atoms with Crippen LogP contribution in [-0.2, 0) is 10.9 Å². The number of H-pyrrole nitrogens is 1. The maximum Gasteiger partial charge on any atom is 0.416 e. The zero-order chi connectivity index (χ0) is 20.9. The zero-order valence-corrected chi connectivity index (χ0v) is 16.3. The van der Waals surface area contributed by atoms with Crippen LogP contribution in [0, 0.1) is 0 Å². The van der Waals surface area contributed by atoms with Crippen molar-refractivity contribution in [2.75, 3.05) is 31.2 Å². The fourth-order valence-corrected chi connectivity index (χ4v) is 3.85. The van der Waals surface area contributed by atoms with E-state index in [4.69, 9.17) is 4.74 Å². The van der Waals surface area contributed by atoms with Crippen LogP contribution in [0.15, 0.2) is 59.4 Å². The van der Waals surface area contributed by atoms with Gasteiger partial charge in [-0.15, -0.1) is 4.52 Å². The summed E-state index contributed by atoms with van der Waals surface area (Å²) in [5.41, 5.74) is 1.38. The lowest BCUT2D eigenvalue weighted by atomic mass is 10.1. The average molecular weight is 432 g/mol. The van der Waals surface area contributed by atoms with E-state index in [0.29, 0.717) is 24.4 Å². The lowest BCUT2D eigenvalue weighted by Crippen LogP contribution is -2.37. The number of rotatable bonds is 2. The number of aromatic nitrogens is 3. The molecule has 31 heavy (non-hydrogen) atoms. The molecule has 0 unspecified atom stereocenters. The second-order valence-corrected chi connectivity index (χ2v) is 7.15. The van der Waals surface area contributed by atoms with Gasteiger partial charge < -0.3 is 15.1 Å². The van der Waals surface area contributed by atoms with E-state index in [0.717, 1.165) is 41.8 Å². The van der Waals surface area contributed by atoms with Crippen molar-refractivity contribution in [3.63, 3.8) is 0 Å². The third kappa shape index (κ3) is 3.53. The average Bonchev–Trinajstić information content (AvgIpc) is 3.10. The minimum absolute atomic E-state index is 0. The largest absolute Gasteiger partial charge is 0.870 e. The number of benzene rings is 2. The molecule has 162 valence electrons. The third-order valence-electron chi connectivity index (χ3n) is 5.36. The topological polar surface area (TPSA) is 84.4 Å². The van der Waals surface area contributed by atoms with E-state index in [1.165, 1.54) is 16.8 Å². The van der Waals surface area contributed by atoms with Gasteiger partial charge in [0.2, 0.25) is 5.52 Å². The molecule has 4 aromatic rings. The van der Waals surface area contributed by atoms with Crippen molar-refractivity contribution >= 4 is 22.1 Å². The maximum atomic E-state index is 13.1. The first-order valence-corrected chi connectivity index (χ1v) is 9.52. The summed E-state index contributed by atoms with van der Waals surface area (Å²) in [5.74, 6) is 0. The molecule has 0 atom stereocenters. The number of alkyl halides is 3. The molecule has 10 heteroatoms. The van der Waals surface area contributed by atoms with Gasteiger partial charge in [0.25, 0.3) is 0 Å². The summed E-state index contributed by atoms with van der Waals surface area (Å²) in [7, 11) is 0. The Kier molecular flexibility index (Phi) is 5.19. The van der Waals surface area contributed by atoms with Crippen molar-refractivity contribution in [1.29, 1.82) is 0 Å². The molecule has 2 N–H and O–H groups in total. The van der Waals surface area contributed by atoms with E-state index in [-0.39, 0.29) is 11.0 Å². The molecule has 0 spiro atoms. The Morgan fingerprint density at radius 1 is 0.968 bits per heavy atom. The molecule has 1 fully saturated rings. The normalized spacial score (nSPS) is 14.7. The van der Waals surface area contributed by atoms with Crippen LogP contribution in [0.3, 0.4) is 0 Å². The smallest absolute Gasteiger partial charge is 0.416 e. The first-order valence-electron chi connectivity index (χ1n) is 9.52. The summed E-state index contributed by atoms with van der Waals surface area (Å²) in [6.45, 7) is 2.67. The highest BCUT2D eigenvalue weighted by atomic mass is 19.4. The van der Waals surface area contributed by atoms with E-state index >= 15 is 0 Å². The van der Waals surface area contributed by atoms with Crippen LogP contribution < -0.4 is 15.0 Å². The van der Waals surface area contributed by atoms with Gasteiger partial charge >= 0.3 is 11.7 Å². The molecule has 0 amide bonds. The second-order valence-electron chi connectivity index (χ2n) is 7.15. The molecular weight excluding hydrogens is 413 g/mol. The first-order chi connectivity index (χ1) is 14.4. The molecular formula is C21H19F3N4O3. The van der Waals surface area contributed by atoms with Gasteiger partial charge in [0, 0.05) is 24.5 Å². The number of nitrogens with one attached hydrogen (secondary N) is 1. The van der Waals surface area contributed by atoms with E-state index in [9.17, 15) is 18.0 Å². The Morgan fingerprint density at radius 3 is 2.32 bits per heavy atom. The highest BCUT2D eigenvalue weighted by Gasteiger charge is 2.31. The zero-order valence-electron chi connectivity index (χ0n) is 16.3. The highest BCUT2D eigenvalue weighted by molar-refractivity contribution is 5.91. The molecule has 2 aromatic carbocycles. The lowest BCUT2D eigenvalue weighted by molar-refractivity contribution is -0.555. The number of para-hydroxylation sites is 1. The quantitative estimate of drug-likeness (QED) is 0.494. The Morgan fingerprint density at radius 2 is 1.65 bits per heavy atom. The number of hydrogen-bond donors (Lipinski definition) is 1. The molecule has 5 rings (SSSR count). The van der Waals surface area contributed by atoms with Crippen LogP contribution in [0.1, 0.15) is 5.56 Å². The number of ether oxygens (including phenoxy) is 1. The highest BCUT2D eigenvalue weighted by Crippen LogP contribution is 2.30. The fraction of sp³-hybridized carbons (Fsp3) is 0.238. The maximum absolute atomic E-state index is 13.1. The van der Waals surface area contributed by atoms with E-state index in [2.05, 4.69) is 10.1 Å². The Bertz CT molecular complexity index is 1290.